The van der Waals surface area contributed by atoms with E-state index in [4.69, 9.17) is 11.6 Å². The number of aromatic amines is 1. The predicted molar refractivity (Wildman–Crippen MR) is 69.9 cm³/mol. The third-order valence-corrected chi connectivity index (χ3v) is 3.24. The number of nitrogens with one attached hydrogen (secondary N) is 1. The van der Waals surface area contributed by atoms with Crippen LogP contribution in [0.1, 0.15) is 10.4 Å². The summed E-state index contributed by atoms with van der Waals surface area (Å²) in [5.74, 6) is -0.908. The maximum absolute atomic E-state index is 13.3. The lowest BCUT2D eigenvalue weighted by molar-refractivity contribution is 0.0602. The number of aromatic nitrogens is 2. The van der Waals surface area contributed by atoms with Crippen molar-refractivity contribution in [1.29, 1.82) is 0 Å². The minimum atomic E-state index is -0.527. The van der Waals surface area contributed by atoms with Crippen LogP contribution in [0.4, 0.5) is 4.39 Å². The van der Waals surface area contributed by atoms with Crippen molar-refractivity contribution in [2.24, 2.45) is 0 Å². The molecule has 0 unspecified atom stereocenters. The largest absolute Gasteiger partial charge is 0.465 e. The van der Waals surface area contributed by atoms with Crippen molar-refractivity contribution in [3.63, 3.8) is 0 Å². The monoisotopic (exact) mass is 278 g/mol. The highest BCUT2D eigenvalue weighted by atomic mass is 35.5. The highest BCUT2D eigenvalue weighted by molar-refractivity contribution is 6.37. The van der Waals surface area contributed by atoms with Gasteiger partial charge in [0.15, 0.2) is 0 Å². The molecule has 0 atom stereocenters. The number of hydrogen-bond donors (Lipinski definition) is 1. The number of pyridine rings is 1. The summed E-state index contributed by atoms with van der Waals surface area (Å²) >= 11 is 6.04. The van der Waals surface area contributed by atoms with Gasteiger partial charge in [-0.25, -0.2) is 14.2 Å². The van der Waals surface area contributed by atoms with Gasteiger partial charge in [0.2, 0.25) is 0 Å². The number of fused-ring (bicyclic) bond motifs is 3. The van der Waals surface area contributed by atoms with E-state index < -0.39 is 5.97 Å². The molecule has 0 bridgehead atoms. The van der Waals surface area contributed by atoms with Gasteiger partial charge in [0, 0.05) is 22.5 Å². The van der Waals surface area contributed by atoms with E-state index >= 15 is 0 Å². The summed E-state index contributed by atoms with van der Waals surface area (Å²) < 4.78 is 18.0. The lowest BCUT2D eigenvalue weighted by Gasteiger charge is -2.01. The number of hydrogen-bond acceptors (Lipinski definition) is 3. The molecule has 2 aromatic heterocycles. The van der Waals surface area contributed by atoms with E-state index in [1.807, 2.05) is 0 Å². The van der Waals surface area contributed by atoms with Crippen LogP contribution < -0.4 is 0 Å². The molecule has 0 fully saturated rings. The normalized spacial score (nSPS) is 11.1. The molecule has 0 radical (unpaired) electrons. The van der Waals surface area contributed by atoms with Gasteiger partial charge < -0.3 is 9.72 Å². The summed E-state index contributed by atoms with van der Waals surface area (Å²) in [5.41, 5.74) is 1.43. The highest BCUT2D eigenvalue weighted by Gasteiger charge is 2.17. The molecule has 1 aromatic carbocycles. The van der Waals surface area contributed by atoms with E-state index in [1.54, 1.807) is 6.07 Å². The first kappa shape index (κ1) is 11.9. The number of rotatable bonds is 1. The average molecular weight is 279 g/mol. The fourth-order valence-corrected chi connectivity index (χ4v) is 2.34. The Labute approximate surface area is 112 Å². The van der Waals surface area contributed by atoms with Gasteiger partial charge in [-0.15, -0.1) is 0 Å². The molecular formula is C13H8ClFN2O2. The minimum absolute atomic E-state index is 0.208. The number of H-pyrrole nitrogens is 1. The van der Waals surface area contributed by atoms with E-state index in [-0.39, 0.29) is 16.5 Å². The Bertz CT molecular complexity index is 813. The first-order valence-corrected chi connectivity index (χ1v) is 5.83. The molecular weight excluding hydrogens is 271 g/mol. The Hall–Kier alpha value is -2.14. The molecule has 0 spiro atoms. The molecule has 19 heavy (non-hydrogen) atoms. The number of carbonyl (C=O) groups is 1. The predicted octanol–water partition coefficient (Wildman–Crippen LogP) is 3.30. The second-order valence-electron chi connectivity index (χ2n) is 4.02. The van der Waals surface area contributed by atoms with Gasteiger partial charge in [0.05, 0.1) is 12.6 Å². The van der Waals surface area contributed by atoms with Crippen LogP contribution >= 0.6 is 11.6 Å². The molecule has 0 amide bonds. The van der Waals surface area contributed by atoms with E-state index in [2.05, 4.69) is 14.7 Å². The van der Waals surface area contributed by atoms with Crippen LogP contribution in [-0.4, -0.2) is 23.0 Å². The number of halogens is 2. The van der Waals surface area contributed by atoms with Crippen LogP contribution in [0.3, 0.4) is 0 Å². The number of carbonyl (C=O) groups excluding carboxylic acids is 1. The minimum Gasteiger partial charge on any atom is -0.465 e. The van der Waals surface area contributed by atoms with Crippen LogP contribution in [0.2, 0.25) is 5.15 Å². The molecule has 4 nitrogen and oxygen atoms in total. The van der Waals surface area contributed by atoms with Crippen molar-refractivity contribution in [3.05, 3.63) is 40.9 Å². The van der Waals surface area contributed by atoms with E-state index in [0.29, 0.717) is 21.8 Å². The molecule has 96 valence electrons. The van der Waals surface area contributed by atoms with E-state index in [9.17, 15) is 9.18 Å². The standard InChI is InChI=1S/C13H8ClFN2O2/c1-19-13(18)8-5-16-12(14)10-7-4-6(15)2-3-9(7)17-11(8)10/h2-5,17H,1H3. The second kappa shape index (κ2) is 4.20. The molecule has 0 aliphatic rings. The summed E-state index contributed by atoms with van der Waals surface area (Å²) in [7, 11) is 1.28. The SMILES string of the molecule is COC(=O)c1cnc(Cl)c2c1[nH]c1ccc(F)cc12. The van der Waals surface area contributed by atoms with Crippen LogP contribution in [0.5, 0.6) is 0 Å². The number of nitrogens with zero attached hydrogens (tertiary/aromatic N) is 1. The molecule has 2 heterocycles. The lowest BCUT2D eigenvalue weighted by Crippen LogP contribution is -2.03. The molecule has 0 aliphatic heterocycles. The van der Waals surface area contributed by atoms with Crippen molar-refractivity contribution < 1.29 is 13.9 Å². The molecule has 0 aliphatic carbocycles. The highest BCUT2D eigenvalue weighted by Crippen LogP contribution is 2.32. The fraction of sp³-hybridized carbons (Fsp3) is 0.0769. The quantitative estimate of drug-likeness (QED) is 0.549. The van der Waals surface area contributed by atoms with Crippen molar-refractivity contribution in [2.45, 2.75) is 0 Å². The zero-order valence-corrected chi connectivity index (χ0v) is 10.6. The Morgan fingerprint density at radius 2 is 2.26 bits per heavy atom. The second-order valence-corrected chi connectivity index (χ2v) is 4.38. The fourth-order valence-electron chi connectivity index (χ4n) is 2.10. The van der Waals surface area contributed by atoms with Gasteiger partial charge in [-0.3, -0.25) is 0 Å². The Morgan fingerprint density at radius 1 is 1.47 bits per heavy atom. The maximum Gasteiger partial charge on any atom is 0.341 e. The molecule has 0 saturated heterocycles. The summed E-state index contributed by atoms with van der Waals surface area (Å²) in [5, 5.41) is 1.30. The van der Waals surface area contributed by atoms with Gasteiger partial charge >= 0.3 is 5.97 Å². The third kappa shape index (κ3) is 1.74. The van der Waals surface area contributed by atoms with Crippen LogP contribution in [0.25, 0.3) is 21.8 Å². The summed E-state index contributed by atoms with van der Waals surface area (Å²) in [4.78, 5) is 18.7. The molecule has 6 heteroatoms. The van der Waals surface area contributed by atoms with Crippen LogP contribution in [-0.2, 0) is 4.74 Å². The zero-order valence-electron chi connectivity index (χ0n) is 9.83. The molecule has 3 rings (SSSR count). The molecule has 0 saturated carbocycles. The van der Waals surface area contributed by atoms with Crippen molar-refractivity contribution in [1.82, 2.24) is 9.97 Å². The van der Waals surface area contributed by atoms with E-state index in [1.165, 1.54) is 25.4 Å². The molecule has 1 N–H and O–H groups in total. The average Bonchev–Trinajstić information content (AvgIpc) is 2.77. The topological polar surface area (TPSA) is 55.0 Å². The van der Waals surface area contributed by atoms with Crippen molar-refractivity contribution in [3.8, 4) is 0 Å². The smallest absolute Gasteiger partial charge is 0.341 e. The first-order valence-electron chi connectivity index (χ1n) is 5.45. The van der Waals surface area contributed by atoms with Crippen molar-refractivity contribution in [2.75, 3.05) is 7.11 Å². The van der Waals surface area contributed by atoms with Gasteiger partial charge in [-0.1, -0.05) is 11.6 Å². The van der Waals surface area contributed by atoms with E-state index in [0.717, 1.165) is 0 Å². The van der Waals surface area contributed by atoms with Gasteiger partial charge in [0.25, 0.3) is 0 Å². The lowest BCUT2D eigenvalue weighted by atomic mass is 10.1. The van der Waals surface area contributed by atoms with Crippen LogP contribution in [0, 0.1) is 5.82 Å². The number of esters is 1. The van der Waals surface area contributed by atoms with Gasteiger partial charge in [-0.2, -0.15) is 0 Å². The number of methoxy groups -OCH3 is 1. The van der Waals surface area contributed by atoms with Crippen molar-refractivity contribution >= 4 is 39.4 Å². The Morgan fingerprint density at radius 3 is 3.00 bits per heavy atom. The maximum atomic E-state index is 13.3. The molecule has 3 aromatic rings. The van der Waals surface area contributed by atoms with Crippen LogP contribution in [0.15, 0.2) is 24.4 Å². The summed E-state index contributed by atoms with van der Waals surface area (Å²) in [6.07, 6.45) is 1.34. The Kier molecular flexibility index (Phi) is 2.64. The van der Waals surface area contributed by atoms with Gasteiger partial charge in [-0.05, 0) is 18.2 Å². The Balaban J connectivity index is 2.48. The summed E-state index contributed by atoms with van der Waals surface area (Å²) in [6.45, 7) is 0. The summed E-state index contributed by atoms with van der Waals surface area (Å²) in [6, 6.07) is 4.27. The third-order valence-electron chi connectivity index (χ3n) is 2.95. The zero-order chi connectivity index (χ0) is 13.6. The number of ether oxygens (including phenoxy) is 1. The first-order chi connectivity index (χ1) is 9.11. The number of benzene rings is 1. The van der Waals surface area contributed by atoms with Gasteiger partial charge in [0.1, 0.15) is 16.5 Å².